The predicted octanol–water partition coefficient (Wildman–Crippen LogP) is 7.33. The van der Waals surface area contributed by atoms with E-state index in [1.807, 2.05) is 6.33 Å². The van der Waals surface area contributed by atoms with E-state index >= 15 is 0 Å². The van der Waals surface area contributed by atoms with Crippen LogP contribution in [0.25, 0.3) is 59.9 Å². The van der Waals surface area contributed by atoms with Gasteiger partial charge in [-0.05, 0) is 76.8 Å². The van der Waals surface area contributed by atoms with Gasteiger partial charge in [-0.2, -0.15) is 0 Å². The standard InChI is InChI=1S/C31H26N3/c1-18-21-11-6-5-10-20(21)16-26-27(18)31-29-24(32-17-33(31)2)15-14-23-28-22(19-8-3-4-9-19)12-7-13-25(28)34(26)30(23)29/h5-7,10-17,19H,3-4,8-9H2,1-2H3/q+1. The second-order valence-electron chi connectivity index (χ2n) is 10.2. The van der Waals surface area contributed by atoms with Gasteiger partial charge in [-0.25, -0.2) is 4.57 Å². The lowest BCUT2D eigenvalue weighted by Gasteiger charge is -2.15. The van der Waals surface area contributed by atoms with Gasteiger partial charge in [0.05, 0.1) is 29.0 Å². The normalized spacial score (nSPS) is 15.4. The van der Waals surface area contributed by atoms with Gasteiger partial charge in [0.2, 0.25) is 0 Å². The molecule has 34 heavy (non-hydrogen) atoms. The van der Waals surface area contributed by atoms with Crippen molar-refractivity contribution in [1.82, 2.24) is 9.38 Å². The first-order valence-corrected chi connectivity index (χ1v) is 12.5. The molecule has 0 unspecified atom stereocenters. The Morgan fingerprint density at radius 3 is 2.59 bits per heavy atom. The zero-order valence-electron chi connectivity index (χ0n) is 19.6. The summed E-state index contributed by atoms with van der Waals surface area (Å²) < 4.78 is 4.77. The van der Waals surface area contributed by atoms with Gasteiger partial charge in [0.25, 0.3) is 6.33 Å². The van der Waals surface area contributed by atoms with Crippen molar-refractivity contribution in [2.45, 2.75) is 38.5 Å². The third kappa shape index (κ3) is 2.18. The third-order valence-electron chi connectivity index (χ3n) is 8.48. The number of rotatable bonds is 1. The molecule has 4 aromatic carbocycles. The van der Waals surface area contributed by atoms with E-state index in [-0.39, 0.29) is 0 Å². The molecule has 0 spiro atoms. The molecule has 0 bridgehead atoms. The molecule has 3 nitrogen and oxygen atoms in total. The van der Waals surface area contributed by atoms with Crippen LogP contribution < -0.4 is 4.57 Å². The number of benzene rings is 4. The van der Waals surface area contributed by atoms with Gasteiger partial charge >= 0.3 is 0 Å². The minimum absolute atomic E-state index is 0.668. The Kier molecular flexibility index (Phi) is 3.54. The molecular formula is C31H26N3+. The molecule has 0 radical (unpaired) electrons. The average Bonchev–Trinajstić information content (AvgIpc) is 3.51. The molecule has 8 rings (SSSR count). The summed E-state index contributed by atoms with van der Waals surface area (Å²) >= 11 is 0. The van der Waals surface area contributed by atoms with E-state index < -0.39 is 0 Å². The molecule has 1 aliphatic carbocycles. The summed E-state index contributed by atoms with van der Waals surface area (Å²) in [6.07, 6.45) is 7.29. The van der Waals surface area contributed by atoms with Crippen molar-refractivity contribution in [2.24, 2.45) is 7.05 Å². The second-order valence-corrected chi connectivity index (χ2v) is 10.2. The highest BCUT2D eigenvalue weighted by molar-refractivity contribution is 6.28. The lowest BCUT2D eigenvalue weighted by atomic mass is 9.93. The Balaban J connectivity index is 1.74. The lowest BCUT2D eigenvalue weighted by molar-refractivity contribution is -0.646. The summed E-state index contributed by atoms with van der Waals surface area (Å²) in [6.45, 7) is 2.29. The molecule has 3 heterocycles. The maximum absolute atomic E-state index is 4.85. The highest BCUT2D eigenvalue weighted by atomic mass is 15.0. The Hall–Kier alpha value is -3.72. The van der Waals surface area contributed by atoms with Crippen molar-refractivity contribution in [3.05, 3.63) is 78.1 Å². The zero-order chi connectivity index (χ0) is 22.6. The summed E-state index contributed by atoms with van der Waals surface area (Å²) in [5.74, 6) is 0.668. The van der Waals surface area contributed by atoms with E-state index in [1.165, 1.54) is 91.2 Å². The van der Waals surface area contributed by atoms with E-state index in [0.717, 1.165) is 5.52 Å². The van der Waals surface area contributed by atoms with Crippen LogP contribution in [-0.2, 0) is 7.05 Å². The maximum atomic E-state index is 4.85. The predicted molar refractivity (Wildman–Crippen MR) is 141 cm³/mol. The summed E-state index contributed by atoms with van der Waals surface area (Å²) in [6, 6.07) is 22.8. The van der Waals surface area contributed by atoms with Crippen LogP contribution in [0.4, 0.5) is 0 Å². The number of aromatic nitrogens is 3. The van der Waals surface area contributed by atoms with Crippen molar-refractivity contribution in [3.63, 3.8) is 0 Å². The molecule has 7 aromatic rings. The molecule has 3 heteroatoms. The van der Waals surface area contributed by atoms with Crippen LogP contribution in [0.15, 0.2) is 67.0 Å². The number of nitrogens with zero attached hydrogens (tertiary/aromatic N) is 3. The van der Waals surface area contributed by atoms with Crippen LogP contribution in [0, 0.1) is 6.92 Å². The van der Waals surface area contributed by atoms with Crippen molar-refractivity contribution >= 4 is 59.9 Å². The SMILES string of the molecule is Cc1c2ccccc2cc2c1c1c3c(ccc4c5c(C6CCCC6)cccc5n2c43)nc[n+]1C. The fraction of sp³-hybridized carbons (Fsp3) is 0.226. The number of fused-ring (bicyclic) bond motifs is 7. The van der Waals surface area contributed by atoms with Gasteiger partial charge in [-0.3, -0.25) is 0 Å². The first kappa shape index (κ1) is 18.7. The molecule has 164 valence electrons. The summed E-state index contributed by atoms with van der Waals surface area (Å²) in [4.78, 5) is 4.85. The van der Waals surface area contributed by atoms with Crippen molar-refractivity contribution in [3.8, 4) is 0 Å². The molecular weight excluding hydrogens is 414 g/mol. The molecule has 3 aromatic heterocycles. The molecule has 0 N–H and O–H groups in total. The topological polar surface area (TPSA) is 21.2 Å². The molecule has 0 amide bonds. The quantitative estimate of drug-likeness (QED) is 0.149. The monoisotopic (exact) mass is 440 g/mol. The smallest absolute Gasteiger partial charge is 0.287 e. The van der Waals surface area contributed by atoms with Crippen LogP contribution in [0.5, 0.6) is 0 Å². The fourth-order valence-corrected chi connectivity index (χ4v) is 7.01. The third-order valence-corrected chi connectivity index (χ3v) is 8.48. The first-order valence-electron chi connectivity index (χ1n) is 12.5. The molecule has 1 fully saturated rings. The van der Waals surface area contributed by atoms with E-state index in [0.29, 0.717) is 5.92 Å². The number of pyridine rings is 1. The zero-order valence-corrected chi connectivity index (χ0v) is 19.6. The summed E-state index contributed by atoms with van der Waals surface area (Å²) in [7, 11) is 2.14. The Morgan fingerprint density at radius 2 is 1.71 bits per heavy atom. The Morgan fingerprint density at radius 1 is 0.853 bits per heavy atom. The largest absolute Gasteiger partial charge is 0.307 e. The van der Waals surface area contributed by atoms with E-state index in [2.05, 4.69) is 83.6 Å². The fourth-order valence-electron chi connectivity index (χ4n) is 7.01. The second kappa shape index (κ2) is 6.44. The average molecular weight is 441 g/mol. The molecule has 0 saturated heterocycles. The van der Waals surface area contributed by atoms with E-state index in [1.54, 1.807) is 0 Å². The van der Waals surface area contributed by atoms with Gasteiger partial charge in [0.15, 0.2) is 5.52 Å². The number of aryl methyl sites for hydroxylation is 2. The van der Waals surface area contributed by atoms with Crippen LogP contribution in [0.2, 0.25) is 0 Å². The molecule has 0 atom stereocenters. The number of hydrogen-bond acceptors (Lipinski definition) is 1. The number of hydrogen-bond donors (Lipinski definition) is 0. The van der Waals surface area contributed by atoms with E-state index in [4.69, 9.17) is 4.98 Å². The van der Waals surface area contributed by atoms with Gasteiger partial charge < -0.3 is 4.40 Å². The highest BCUT2D eigenvalue weighted by Crippen LogP contribution is 2.45. The van der Waals surface area contributed by atoms with Crippen molar-refractivity contribution in [1.29, 1.82) is 0 Å². The van der Waals surface area contributed by atoms with Crippen LogP contribution in [-0.4, -0.2) is 9.38 Å². The van der Waals surface area contributed by atoms with Gasteiger partial charge in [-0.1, -0.05) is 49.2 Å². The maximum Gasteiger partial charge on any atom is 0.287 e. The summed E-state index contributed by atoms with van der Waals surface area (Å²) in [5, 5.41) is 8.05. The Bertz CT molecular complexity index is 1940. The molecule has 1 aliphatic rings. The molecule has 0 aliphatic heterocycles. The van der Waals surface area contributed by atoms with Crippen LogP contribution >= 0.6 is 0 Å². The van der Waals surface area contributed by atoms with Gasteiger partial charge in [0, 0.05) is 16.2 Å². The van der Waals surface area contributed by atoms with Gasteiger partial charge in [-0.15, -0.1) is 0 Å². The molecule has 1 saturated carbocycles. The summed E-state index contributed by atoms with van der Waals surface area (Å²) in [5.41, 5.74) is 9.18. The Labute approximate surface area is 197 Å². The minimum Gasteiger partial charge on any atom is -0.307 e. The lowest BCUT2D eigenvalue weighted by Crippen LogP contribution is -2.30. The minimum atomic E-state index is 0.668. The van der Waals surface area contributed by atoms with Crippen LogP contribution in [0.1, 0.15) is 42.7 Å². The first-order chi connectivity index (χ1) is 16.7. The van der Waals surface area contributed by atoms with Crippen molar-refractivity contribution < 1.29 is 4.57 Å². The van der Waals surface area contributed by atoms with Gasteiger partial charge in [0.1, 0.15) is 5.52 Å². The highest BCUT2D eigenvalue weighted by Gasteiger charge is 2.27. The van der Waals surface area contributed by atoms with Crippen LogP contribution in [0.3, 0.4) is 0 Å². The van der Waals surface area contributed by atoms with Crippen molar-refractivity contribution in [2.75, 3.05) is 0 Å². The van der Waals surface area contributed by atoms with E-state index in [9.17, 15) is 0 Å².